The molecule has 1 amide bonds. The molecule has 0 aliphatic carbocycles. The highest BCUT2D eigenvalue weighted by Gasteiger charge is 2.19. The maximum atomic E-state index is 12.2. The van der Waals surface area contributed by atoms with Gasteiger partial charge in [-0.2, -0.15) is 0 Å². The molecule has 1 saturated heterocycles. The lowest BCUT2D eigenvalue weighted by Crippen LogP contribution is -2.47. The number of carbonyl (C=O) groups excluding carboxylic acids is 1. The Balaban J connectivity index is 1.35. The molecular formula is C19H19N7O. The number of rotatable bonds is 4. The van der Waals surface area contributed by atoms with Crippen molar-refractivity contribution in [3.8, 4) is 0 Å². The molecule has 1 fully saturated rings. The zero-order valence-electron chi connectivity index (χ0n) is 14.7. The fourth-order valence-corrected chi connectivity index (χ4v) is 2.93. The summed E-state index contributed by atoms with van der Waals surface area (Å²) in [5, 5.41) is 2.79. The first-order chi connectivity index (χ1) is 13.3. The molecule has 1 aliphatic rings. The van der Waals surface area contributed by atoms with Crippen LogP contribution in [0.4, 0.5) is 17.5 Å². The molecule has 27 heavy (non-hydrogen) atoms. The number of nitrogens with one attached hydrogen (secondary N) is 1. The molecule has 0 radical (unpaired) electrons. The molecule has 0 aromatic carbocycles. The second-order valence-electron chi connectivity index (χ2n) is 6.12. The SMILES string of the molecule is O=C(Nc1cnc(N2CCN(c3ccccn3)CC2)nc1)c1ccncc1. The van der Waals surface area contributed by atoms with Gasteiger partial charge in [0.25, 0.3) is 5.91 Å². The summed E-state index contributed by atoms with van der Waals surface area (Å²) in [5.41, 5.74) is 1.10. The van der Waals surface area contributed by atoms with E-state index in [1.54, 1.807) is 36.9 Å². The van der Waals surface area contributed by atoms with Gasteiger partial charge in [0.05, 0.1) is 18.1 Å². The smallest absolute Gasteiger partial charge is 0.255 e. The van der Waals surface area contributed by atoms with Crippen LogP contribution in [0.15, 0.2) is 61.3 Å². The fourth-order valence-electron chi connectivity index (χ4n) is 2.93. The van der Waals surface area contributed by atoms with Crippen molar-refractivity contribution in [1.82, 2.24) is 19.9 Å². The Labute approximate surface area is 156 Å². The summed E-state index contributed by atoms with van der Waals surface area (Å²) >= 11 is 0. The molecule has 4 heterocycles. The van der Waals surface area contributed by atoms with Crippen molar-refractivity contribution in [2.24, 2.45) is 0 Å². The van der Waals surface area contributed by atoms with Gasteiger partial charge < -0.3 is 15.1 Å². The Morgan fingerprint density at radius 2 is 1.56 bits per heavy atom. The monoisotopic (exact) mass is 361 g/mol. The van der Waals surface area contributed by atoms with Crippen LogP contribution in [0.25, 0.3) is 0 Å². The van der Waals surface area contributed by atoms with Gasteiger partial charge >= 0.3 is 0 Å². The summed E-state index contributed by atoms with van der Waals surface area (Å²) in [5.74, 6) is 1.45. The van der Waals surface area contributed by atoms with Gasteiger partial charge in [-0.3, -0.25) is 9.78 Å². The minimum Gasteiger partial charge on any atom is -0.353 e. The number of anilines is 3. The zero-order chi connectivity index (χ0) is 18.5. The largest absolute Gasteiger partial charge is 0.353 e. The molecule has 8 heteroatoms. The lowest BCUT2D eigenvalue weighted by atomic mass is 10.2. The second kappa shape index (κ2) is 7.77. The Morgan fingerprint density at radius 1 is 0.852 bits per heavy atom. The summed E-state index contributed by atoms with van der Waals surface area (Å²) in [4.78, 5) is 33.6. The number of pyridine rings is 2. The van der Waals surface area contributed by atoms with Gasteiger partial charge in [-0.05, 0) is 24.3 Å². The van der Waals surface area contributed by atoms with E-state index in [0.717, 1.165) is 32.0 Å². The highest BCUT2D eigenvalue weighted by Crippen LogP contribution is 2.17. The van der Waals surface area contributed by atoms with Crippen LogP contribution in [-0.2, 0) is 0 Å². The van der Waals surface area contributed by atoms with E-state index >= 15 is 0 Å². The minimum absolute atomic E-state index is 0.210. The van der Waals surface area contributed by atoms with Crippen LogP contribution < -0.4 is 15.1 Å². The van der Waals surface area contributed by atoms with E-state index in [2.05, 4.69) is 35.1 Å². The molecule has 0 bridgehead atoms. The molecule has 8 nitrogen and oxygen atoms in total. The van der Waals surface area contributed by atoms with Crippen molar-refractivity contribution in [3.63, 3.8) is 0 Å². The predicted molar refractivity (Wildman–Crippen MR) is 103 cm³/mol. The van der Waals surface area contributed by atoms with Gasteiger partial charge in [0, 0.05) is 50.3 Å². The summed E-state index contributed by atoms with van der Waals surface area (Å²) in [6.45, 7) is 3.36. The van der Waals surface area contributed by atoms with Crippen LogP contribution in [0.1, 0.15) is 10.4 Å². The molecule has 3 aromatic rings. The quantitative estimate of drug-likeness (QED) is 0.759. The van der Waals surface area contributed by atoms with Crippen molar-refractivity contribution in [1.29, 1.82) is 0 Å². The number of hydrogen-bond donors (Lipinski definition) is 1. The Bertz CT molecular complexity index is 879. The Kier molecular flexibility index (Phi) is 4.86. The molecule has 0 saturated carbocycles. The van der Waals surface area contributed by atoms with Crippen molar-refractivity contribution in [2.75, 3.05) is 41.3 Å². The summed E-state index contributed by atoms with van der Waals surface area (Å²) < 4.78 is 0. The maximum absolute atomic E-state index is 12.2. The van der Waals surface area contributed by atoms with E-state index in [1.165, 1.54) is 0 Å². The van der Waals surface area contributed by atoms with E-state index in [1.807, 2.05) is 24.4 Å². The van der Waals surface area contributed by atoms with E-state index in [9.17, 15) is 4.79 Å². The first kappa shape index (κ1) is 16.9. The summed E-state index contributed by atoms with van der Waals surface area (Å²) in [6.07, 6.45) is 8.24. The molecule has 0 atom stereocenters. The van der Waals surface area contributed by atoms with Gasteiger partial charge in [0.15, 0.2) is 0 Å². The van der Waals surface area contributed by atoms with E-state index in [-0.39, 0.29) is 5.91 Å². The van der Waals surface area contributed by atoms with Crippen LogP contribution in [0.3, 0.4) is 0 Å². The van der Waals surface area contributed by atoms with Crippen LogP contribution >= 0.6 is 0 Å². The maximum Gasteiger partial charge on any atom is 0.255 e. The Morgan fingerprint density at radius 3 is 2.22 bits per heavy atom. The van der Waals surface area contributed by atoms with Crippen molar-refractivity contribution < 1.29 is 4.79 Å². The van der Waals surface area contributed by atoms with Crippen LogP contribution in [0, 0.1) is 0 Å². The van der Waals surface area contributed by atoms with E-state index in [4.69, 9.17) is 0 Å². The third kappa shape index (κ3) is 4.00. The molecule has 0 spiro atoms. The molecule has 4 rings (SSSR count). The van der Waals surface area contributed by atoms with Crippen molar-refractivity contribution >= 4 is 23.4 Å². The first-order valence-electron chi connectivity index (χ1n) is 8.74. The summed E-state index contributed by atoms with van der Waals surface area (Å²) in [6, 6.07) is 9.25. The average Bonchev–Trinajstić information content (AvgIpc) is 2.76. The molecule has 136 valence electrons. The van der Waals surface area contributed by atoms with Gasteiger partial charge in [-0.1, -0.05) is 6.07 Å². The fraction of sp³-hybridized carbons (Fsp3) is 0.211. The normalized spacial score (nSPS) is 14.1. The number of piperazine rings is 1. The topological polar surface area (TPSA) is 87.1 Å². The van der Waals surface area contributed by atoms with Crippen LogP contribution in [-0.4, -0.2) is 52.0 Å². The van der Waals surface area contributed by atoms with E-state index in [0.29, 0.717) is 17.2 Å². The van der Waals surface area contributed by atoms with Crippen LogP contribution in [0.2, 0.25) is 0 Å². The highest BCUT2D eigenvalue weighted by molar-refractivity contribution is 6.03. The number of carbonyl (C=O) groups is 1. The highest BCUT2D eigenvalue weighted by atomic mass is 16.1. The first-order valence-corrected chi connectivity index (χ1v) is 8.74. The standard InChI is InChI=1S/C19H19N7O/c27-18(15-4-7-20-8-5-15)24-16-13-22-19(23-14-16)26-11-9-25(10-12-26)17-3-1-2-6-21-17/h1-8,13-14H,9-12H2,(H,24,27). The van der Waals surface area contributed by atoms with Crippen molar-refractivity contribution in [2.45, 2.75) is 0 Å². The van der Waals surface area contributed by atoms with Crippen molar-refractivity contribution in [3.05, 3.63) is 66.9 Å². The Hall–Kier alpha value is -3.55. The van der Waals surface area contributed by atoms with Gasteiger partial charge in [0.1, 0.15) is 5.82 Å². The number of amides is 1. The second-order valence-corrected chi connectivity index (χ2v) is 6.12. The average molecular weight is 361 g/mol. The minimum atomic E-state index is -0.210. The number of nitrogens with zero attached hydrogens (tertiary/aromatic N) is 6. The lowest BCUT2D eigenvalue weighted by Gasteiger charge is -2.35. The molecular weight excluding hydrogens is 342 g/mol. The number of hydrogen-bond acceptors (Lipinski definition) is 7. The van der Waals surface area contributed by atoms with Gasteiger partial charge in [-0.15, -0.1) is 0 Å². The van der Waals surface area contributed by atoms with Gasteiger partial charge in [-0.25, -0.2) is 15.0 Å². The van der Waals surface area contributed by atoms with E-state index < -0.39 is 0 Å². The zero-order valence-corrected chi connectivity index (χ0v) is 14.7. The molecule has 0 unspecified atom stereocenters. The number of aromatic nitrogens is 4. The van der Waals surface area contributed by atoms with Gasteiger partial charge in [0.2, 0.25) is 5.95 Å². The summed E-state index contributed by atoms with van der Waals surface area (Å²) in [7, 11) is 0. The molecule has 1 N–H and O–H groups in total. The third-order valence-electron chi connectivity index (χ3n) is 4.37. The lowest BCUT2D eigenvalue weighted by molar-refractivity contribution is 0.102. The molecule has 1 aliphatic heterocycles. The predicted octanol–water partition coefficient (Wildman–Crippen LogP) is 1.85. The third-order valence-corrected chi connectivity index (χ3v) is 4.37. The molecule has 3 aromatic heterocycles. The van der Waals surface area contributed by atoms with Crippen LogP contribution in [0.5, 0.6) is 0 Å².